The number of sulfonamides is 1. The smallest absolute Gasteiger partial charge is 0.416 e. The molecule has 2 aromatic rings. The molecular weight excluding hydrogens is 421 g/mol. The van der Waals surface area contributed by atoms with Crippen LogP contribution in [0.5, 0.6) is 5.75 Å². The number of amides is 1. The van der Waals surface area contributed by atoms with Crippen LogP contribution in [0.4, 0.5) is 13.2 Å². The molecule has 4 rings (SSSR count). The zero-order chi connectivity index (χ0) is 21.6. The number of carbonyl (C=O) groups excluding carboxylic acids is 1. The van der Waals surface area contributed by atoms with Gasteiger partial charge in [-0.3, -0.25) is 4.79 Å². The van der Waals surface area contributed by atoms with E-state index in [0.29, 0.717) is 12.8 Å². The summed E-state index contributed by atoms with van der Waals surface area (Å²) < 4.78 is 72.1. The number of hydrogen-bond acceptors (Lipinski definition) is 4. The molecule has 2 aliphatic rings. The fourth-order valence-electron chi connectivity index (χ4n) is 3.75. The Morgan fingerprint density at radius 3 is 2.30 bits per heavy atom. The molecule has 6 nitrogen and oxygen atoms in total. The number of rotatable bonds is 1. The first-order valence-corrected chi connectivity index (χ1v) is 10.8. The molecule has 2 aliphatic heterocycles. The zero-order valence-corrected chi connectivity index (χ0v) is 16.6. The van der Waals surface area contributed by atoms with Crippen molar-refractivity contribution in [3.8, 4) is 5.75 Å². The average molecular weight is 440 g/mol. The Kier molecular flexibility index (Phi) is 5.01. The van der Waals surface area contributed by atoms with E-state index in [1.54, 1.807) is 18.2 Å². The van der Waals surface area contributed by atoms with Gasteiger partial charge in [-0.05, 0) is 49.2 Å². The van der Waals surface area contributed by atoms with E-state index in [1.165, 1.54) is 11.0 Å². The number of ether oxygens (including phenoxy) is 1. The van der Waals surface area contributed by atoms with Crippen LogP contribution in [-0.4, -0.2) is 44.5 Å². The molecule has 1 saturated heterocycles. The van der Waals surface area contributed by atoms with Gasteiger partial charge in [0.1, 0.15) is 17.3 Å². The van der Waals surface area contributed by atoms with Crippen molar-refractivity contribution in [1.82, 2.24) is 9.62 Å². The standard InChI is InChI=1S/C20H19F3N2O4S/c21-20(22,23)15-7-5-14(6-8-15)18(26)25-11-9-19(10-12-25)13-29-16-3-1-2-4-17(16)30(27,28)24-19/h1-8,24H,9-13H2. The Hall–Kier alpha value is -2.59. The summed E-state index contributed by atoms with van der Waals surface area (Å²) in [5, 5.41) is 0. The third-order valence-corrected chi connectivity index (χ3v) is 7.08. The second-order valence-electron chi connectivity index (χ2n) is 7.49. The number of likely N-dealkylation sites (tertiary alicyclic amines) is 1. The third kappa shape index (κ3) is 3.89. The predicted molar refractivity (Wildman–Crippen MR) is 102 cm³/mol. The Morgan fingerprint density at radius 1 is 1.03 bits per heavy atom. The monoisotopic (exact) mass is 440 g/mol. The normalized spacial score (nSPS) is 20.2. The van der Waals surface area contributed by atoms with Crippen LogP contribution in [0.1, 0.15) is 28.8 Å². The molecule has 0 radical (unpaired) electrons. The van der Waals surface area contributed by atoms with Crippen LogP contribution in [0.15, 0.2) is 53.4 Å². The molecule has 0 unspecified atom stereocenters. The van der Waals surface area contributed by atoms with Crippen LogP contribution in [0.3, 0.4) is 0 Å². The number of carbonyl (C=O) groups is 1. The van der Waals surface area contributed by atoms with Gasteiger partial charge in [0.15, 0.2) is 0 Å². The topological polar surface area (TPSA) is 75.7 Å². The highest BCUT2D eigenvalue weighted by Crippen LogP contribution is 2.34. The fourth-order valence-corrected chi connectivity index (χ4v) is 5.34. The van der Waals surface area contributed by atoms with Gasteiger partial charge < -0.3 is 9.64 Å². The van der Waals surface area contributed by atoms with E-state index < -0.39 is 27.3 Å². The summed E-state index contributed by atoms with van der Waals surface area (Å²) in [7, 11) is -3.78. The van der Waals surface area contributed by atoms with E-state index in [-0.39, 0.29) is 41.8 Å². The maximum atomic E-state index is 12.8. The molecule has 30 heavy (non-hydrogen) atoms. The second-order valence-corrected chi connectivity index (χ2v) is 9.14. The fraction of sp³-hybridized carbons (Fsp3) is 0.350. The highest BCUT2D eigenvalue weighted by molar-refractivity contribution is 7.89. The lowest BCUT2D eigenvalue weighted by Gasteiger charge is -2.40. The van der Waals surface area contributed by atoms with Crippen molar-refractivity contribution in [2.45, 2.75) is 29.5 Å². The van der Waals surface area contributed by atoms with Gasteiger partial charge in [0.2, 0.25) is 10.0 Å². The van der Waals surface area contributed by atoms with E-state index in [9.17, 15) is 26.4 Å². The van der Waals surface area contributed by atoms with Gasteiger partial charge in [0, 0.05) is 18.7 Å². The molecule has 10 heteroatoms. The molecule has 0 saturated carbocycles. The molecule has 1 spiro atoms. The lowest BCUT2D eigenvalue weighted by atomic mass is 9.89. The van der Waals surface area contributed by atoms with E-state index in [1.807, 2.05) is 0 Å². The van der Waals surface area contributed by atoms with Gasteiger partial charge in [-0.1, -0.05) is 12.1 Å². The van der Waals surface area contributed by atoms with Crippen molar-refractivity contribution in [2.75, 3.05) is 19.7 Å². The number of fused-ring (bicyclic) bond motifs is 1. The van der Waals surface area contributed by atoms with Crippen molar-refractivity contribution >= 4 is 15.9 Å². The second kappa shape index (κ2) is 7.28. The van der Waals surface area contributed by atoms with Gasteiger partial charge in [-0.25, -0.2) is 13.1 Å². The molecular formula is C20H19F3N2O4S. The van der Waals surface area contributed by atoms with Crippen LogP contribution in [-0.2, 0) is 16.2 Å². The van der Waals surface area contributed by atoms with Gasteiger partial charge in [0.05, 0.1) is 11.1 Å². The van der Waals surface area contributed by atoms with E-state index >= 15 is 0 Å². The van der Waals surface area contributed by atoms with Crippen LogP contribution >= 0.6 is 0 Å². The lowest BCUT2D eigenvalue weighted by molar-refractivity contribution is -0.137. The minimum absolute atomic E-state index is 0.0742. The Bertz CT molecular complexity index is 1060. The van der Waals surface area contributed by atoms with Crippen molar-refractivity contribution in [3.05, 3.63) is 59.7 Å². The molecule has 0 bridgehead atoms. The van der Waals surface area contributed by atoms with E-state index in [4.69, 9.17) is 4.74 Å². The summed E-state index contributed by atoms with van der Waals surface area (Å²) in [6, 6.07) is 10.4. The maximum Gasteiger partial charge on any atom is 0.416 e. The molecule has 1 amide bonds. The van der Waals surface area contributed by atoms with Crippen molar-refractivity contribution in [2.24, 2.45) is 0 Å². The van der Waals surface area contributed by atoms with Crippen molar-refractivity contribution in [1.29, 1.82) is 0 Å². The van der Waals surface area contributed by atoms with Crippen molar-refractivity contribution < 1.29 is 31.1 Å². The van der Waals surface area contributed by atoms with Gasteiger partial charge >= 0.3 is 6.18 Å². The Morgan fingerprint density at radius 2 is 1.67 bits per heavy atom. The number of benzene rings is 2. The number of alkyl halides is 3. The van der Waals surface area contributed by atoms with Crippen LogP contribution in [0.25, 0.3) is 0 Å². The largest absolute Gasteiger partial charge is 0.490 e. The summed E-state index contributed by atoms with van der Waals surface area (Å²) in [4.78, 5) is 14.3. The van der Waals surface area contributed by atoms with Crippen LogP contribution in [0, 0.1) is 0 Å². The van der Waals surface area contributed by atoms with E-state index in [2.05, 4.69) is 4.72 Å². The van der Waals surface area contributed by atoms with Crippen LogP contribution in [0.2, 0.25) is 0 Å². The van der Waals surface area contributed by atoms with Gasteiger partial charge in [-0.2, -0.15) is 13.2 Å². The first kappa shape index (κ1) is 20.7. The molecule has 0 aromatic heterocycles. The summed E-state index contributed by atoms with van der Waals surface area (Å²) in [5.41, 5.74) is -1.51. The van der Waals surface area contributed by atoms with Crippen LogP contribution < -0.4 is 9.46 Å². The highest BCUT2D eigenvalue weighted by Gasteiger charge is 2.43. The minimum atomic E-state index is -4.46. The number of hydrogen-bond donors (Lipinski definition) is 1. The molecule has 160 valence electrons. The number of nitrogens with zero attached hydrogens (tertiary/aromatic N) is 1. The molecule has 2 aromatic carbocycles. The summed E-state index contributed by atoms with van der Waals surface area (Å²) in [6.45, 7) is 0.635. The quantitative estimate of drug-likeness (QED) is 0.740. The lowest BCUT2D eigenvalue weighted by Crippen LogP contribution is -2.58. The van der Waals surface area contributed by atoms with Gasteiger partial charge in [0.25, 0.3) is 5.91 Å². The van der Waals surface area contributed by atoms with Crippen molar-refractivity contribution in [3.63, 3.8) is 0 Å². The molecule has 1 N–H and O–H groups in total. The first-order chi connectivity index (χ1) is 14.1. The molecule has 0 atom stereocenters. The molecule has 0 aliphatic carbocycles. The number of para-hydroxylation sites is 1. The number of piperidine rings is 1. The molecule has 2 heterocycles. The Labute approximate surface area is 171 Å². The number of halogens is 3. The summed E-state index contributed by atoms with van der Waals surface area (Å²) in [6.07, 6.45) is -3.81. The predicted octanol–water partition coefficient (Wildman–Crippen LogP) is 3.05. The third-order valence-electron chi connectivity index (χ3n) is 5.46. The van der Waals surface area contributed by atoms with Gasteiger partial charge in [-0.15, -0.1) is 0 Å². The average Bonchev–Trinajstić information content (AvgIpc) is 2.82. The molecule has 1 fully saturated rings. The Balaban J connectivity index is 1.47. The number of nitrogens with one attached hydrogen (secondary N) is 1. The highest BCUT2D eigenvalue weighted by atomic mass is 32.2. The summed E-state index contributed by atoms with van der Waals surface area (Å²) in [5.74, 6) is -0.107. The van der Waals surface area contributed by atoms with E-state index in [0.717, 1.165) is 24.3 Å². The first-order valence-electron chi connectivity index (χ1n) is 9.32. The zero-order valence-electron chi connectivity index (χ0n) is 15.8. The minimum Gasteiger partial charge on any atom is -0.490 e. The SMILES string of the molecule is O=C(c1ccc(C(F)(F)F)cc1)N1CCC2(CC1)COc1ccccc1S(=O)(=O)N2. The summed E-state index contributed by atoms with van der Waals surface area (Å²) >= 11 is 0. The maximum absolute atomic E-state index is 12.8.